The molecule has 2 heteroatoms. The third-order valence-electron chi connectivity index (χ3n) is 6.94. The van der Waals surface area contributed by atoms with E-state index in [1.54, 1.807) is 0 Å². The number of hydrogen-bond donors (Lipinski definition) is 0. The lowest BCUT2D eigenvalue weighted by atomic mass is 9.94. The second kappa shape index (κ2) is 6.85. The topological polar surface area (TPSA) is 8.17 Å². The number of para-hydroxylation sites is 3. The van der Waals surface area contributed by atoms with Gasteiger partial charge in [0.15, 0.2) is 0 Å². The molecule has 0 amide bonds. The number of rotatable bonds is 1. The molecule has 0 unspecified atom stereocenters. The van der Waals surface area contributed by atoms with Crippen LogP contribution in [0.15, 0.2) is 115 Å². The van der Waals surface area contributed by atoms with E-state index in [9.17, 15) is 0 Å². The molecule has 1 aromatic heterocycles. The highest BCUT2D eigenvalue weighted by molar-refractivity contribution is 6.14. The molecule has 33 heavy (non-hydrogen) atoms. The number of benzene rings is 5. The zero-order chi connectivity index (χ0) is 21.9. The zero-order valence-electron chi connectivity index (χ0n) is 18.4. The summed E-state index contributed by atoms with van der Waals surface area (Å²) in [6, 6.07) is 41.7. The highest BCUT2D eigenvalue weighted by Crippen LogP contribution is 2.49. The fourth-order valence-electron chi connectivity index (χ4n) is 5.43. The quantitative estimate of drug-likeness (QED) is 0.259. The predicted molar refractivity (Wildman–Crippen MR) is 140 cm³/mol. The lowest BCUT2D eigenvalue weighted by molar-refractivity contribution is 1.17. The van der Waals surface area contributed by atoms with Gasteiger partial charge in [0.25, 0.3) is 0 Å². The van der Waals surface area contributed by atoms with Crippen molar-refractivity contribution in [1.82, 2.24) is 4.57 Å². The van der Waals surface area contributed by atoms with Crippen molar-refractivity contribution in [3.63, 3.8) is 0 Å². The fourth-order valence-corrected chi connectivity index (χ4v) is 5.43. The van der Waals surface area contributed by atoms with Crippen LogP contribution >= 0.6 is 0 Å². The summed E-state index contributed by atoms with van der Waals surface area (Å²) in [5.74, 6) is 0. The molecule has 156 valence electrons. The van der Waals surface area contributed by atoms with Crippen LogP contribution in [0.4, 0.5) is 11.4 Å². The van der Waals surface area contributed by atoms with Crippen molar-refractivity contribution in [2.24, 2.45) is 0 Å². The summed E-state index contributed by atoms with van der Waals surface area (Å²) in [6.07, 6.45) is 0. The summed E-state index contributed by atoms with van der Waals surface area (Å²) in [4.78, 5) is 2.34. The molecule has 0 spiro atoms. The van der Waals surface area contributed by atoms with Crippen LogP contribution in [0.1, 0.15) is 0 Å². The Kier molecular flexibility index (Phi) is 3.80. The molecular weight excluding hydrogens is 400 g/mol. The first-order valence-electron chi connectivity index (χ1n) is 11.4. The largest absolute Gasteiger partial charge is 0.344 e. The van der Waals surface area contributed by atoms with Gasteiger partial charge in [-0.2, -0.15) is 0 Å². The van der Waals surface area contributed by atoms with Crippen molar-refractivity contribution in [3.8, 4) is 27.9 Å². The van der Waals surface area contributed by atoms with Gasteiger partial charge >= 0.3 is 0 Å². The van der Waals surface area contributed by atoms with Gasteiger partial charge in [0.2, 0.25) is 0 Å². The summed E-state index contributed by atoms with van der Waals surface area (Å²) >= 11 is 0. The second-order valence-corrected chi connectivity index (χ2v) is 8.70. The Labute approximate surface area is 193 Å². The summed E-state index contributed by atoms with van der Waals surface area (Å²) in [5, 5.41) is 2.56. The first kappa shape index (κ1) is 18.3. The molecular formula is C31H22N2. The number of nitrogens with zero attached hydrogens (tertiary/aromatic N) is 2. The van der Waals surface area contributed by atoms with Crippen molar-refractivity contribution in [1.29, 1.82) is 0 Å². The molecule has 1 aliphatic rings. The van der Waals surface area contributed by atoms with Crippen LogP contribution in [0.2, 0.25) is 0 Å². The molecule has 0 aliphatic carbocycles. The highest BCUT2D eigenvalue weighted by atomic mass is 15.1. The Bertz CT molecular complexity index is 1670. The summed E-state index contributed by atoms with van der Waals surface area (Å²) in [6.45, 7) is 0. The van der Waals surface area contributed by atoms with E-state index in [2.05, 4.69) is 132 Å². The number of aromatic nitrogens is 1. The molecule has 6 aromatic rings. The van der Waals surface area contributed by atoms with Gasteiger partial charge in [0.1, 0.15) is 0 Å². The molecule has 0 bridgehead atoms. The van der Waals surface area contributed by atoms with Crippen molar-refractivity contribution < 1.29 is 0 Å². The van der Waals surface area contributed by atoms with E-state index in [1.807, 2.05) is 0 Å². The molecule has 1 aliphatic heterocycles. The van der Waals surface area contributed by atoms with Crippen molar-refractivity contribution >= 4 is 33.2 Å². The molecule has 7 rings (SSSR count). The first-order valence-corrected chi connectivity index (χ1v) is 11.4. The van der Waals surface area contributed by atoms with E-state index >= 15 is 0 Å². The SMILES string of the molecule is CN1c2ccccc2-c2ccccc2-c2cc3c4ccccc4n(-c4ccccc4)c3cc21. The number of hydrogen-bond acceptors (Lipinski definition) is 1. The van der Waals surface area contributed by atoms with Crippen molar-refractivity contribution in [3.05, 3.63) is 115 Å². The van der Waals surface area contributed by atoms with Gasteiger partial charge in [-0.05, 0) is 47.5 Å². The predicted octanol–water partition coefficient (Wildman–Crippen LogP) is 8.20. The summed E-state index contributed by atoms with van der Waals surface area (Å²) in [5.41, 5.74) is 11.2. The van der Waals surface area contributed by atoms with Crippen molar-refractivity contribution in [2.45, 2.75) is 0 Å². The molecule has 2 nitrogen and oxygen atoms in total. The van der Waals surface area contributed by atoms with E-state index in [1.165, 1.54) is 61.1 Å². The maximum absolute atomic E-state index is 2.40. The molecule has 5 aromatic carbocycles. The Balaban J connectivity index is 1.65. The van der Waals surface area contributed by atoms with E-state index in [-0.39, 0.29) is 0 Å². The Morgan fingerprint density at radius 3 is 1.91 bits per heavy atom. The Morgan fingerprint density at radius 2 is 1.09 bits per heavy atom. The van der Waals surface area contributed by atoms with Crippen LogP contribution in [0.25, 0.3) is 49.7 Å². The van der Waals surface area contributed by atoms with Gasteiger partial charge in [0, 0.05) is 40.3 Å². The average molecular weight is 423 g/mol. The van der Waals surface area contributed by atoms with Crippen LogP contribution in [-0.4, -0.2) is 11.6 Å². The van der Waals surface area contributed by atoms with Crippen molar-refractivity contribution in [2.75, 3.05) is 11.9 Å². The van der Waals surface area contributed by atoms with Crippen LogP contribution < -0.4 is 4.90 Å². The highest BCUT2D eigenvalue weighted by Gasteiger charge is 2.24. The maximum atomic E-state index is 2.40. The van der Waals surface area contributed by atoms with Gasteiger partial charge in [-0.25, -0.2) is 0 Å². The van der Waals surface area contributed by atoms with Crippen LogP contribution in [0, 0.1) is 0 Å². The molecule has 0 saturated heterocycles. The minimum Gasteiger partial charge on any atom is -0.344 e. The number of anilines is 2. The van der Waals surface area contributed by atoms with Crippen LogP contribution in [0.3, 0.4) is 0 Å². The molecule has 0 saturated carbocycles. The maximum Gasteiger partial charge on any atom is 0.0562 e. The number of fused-ring (bicyclic) bond motifs is 8. The first-order chi connectivity index (χ1) is 16.3. The van der Waals surface area contributed by atoms with Gasteiger partial charge in [-0.15, -0.1) is 0 Å². The van der Waals surface area contributed by atoms with Crippen LogP contribution in [-0.2, 0) is 0 Å². The second-order valence-electron chi connectivity index (χ2n) is 8.70. The molecule has 0 fully saturated rings. The third-order valence-corrected chi connectivity index (χ3v) is 6.94. The summed E-state index contributed by atoms with van der Waals surface area (Å²) < 4.78 is 2.39. The van der Waals surface area contributed by atoms with Gasteiger partial charge in [-0.3, -0.25) is 0 Å². The molecule has 2 heterocycles. The molecule has 0 atom stereocenters. The van der Waals surface area contributed by atoms with Gasteiger partial charge in [0.05, 0.1) is 16.7 Å². The Hall–Kier alpha value is -4.30. The van der Waals surface area contributed by atoms with Gasteiger partial charge < -0.3 is 9.47 Å². The lowest BCUT2D eigenvalue weighted by Gasteiger charge is -2.22. The van der Waals surface area contributed by atoms with Crippen LogP contribution in [0.5, 0.6) is 0 Å². The van der Waals surface area contributed by atoms with E-state index in [0.717, 1.165) is 0 Å². The summed E-state index contributed by atoms with van der Waals surface area (Å²) in [7, 11) is 2.19. The fraction of sp³-hybridized carbons (Fsp3) is 0.0323. The normalized spacial score (nSPS) is 12.3. The van der Waals surface area contributed by atoms with E-state index in [4.69, 9.17) is 0 Å². The third kappa shape index (κ3) is 2.55. The minimum atomic E-state index is 1.18. The average Bonchev–Trinajstić information content (AvgIpc) is 3.16. The standard InChI is InChI=1S/C31H22N2/c1-32-28-17-9-7-15-24(28)22-13-5-6-14-23(22)26-19-27-25-16-8-10-18-29(25)33(31(27)20-30(26)32)21-11-3-2-4-12-21/h2-20H,1H3. The zero-order valence-corrected chi connectivity index (χ0v) is 18.4. The monoisotopic (exact) mass is 422 g/mol. The van der Waals surface area contributed by atoms with E-state index < -0.39 is 0 Å². The molecule has 0 N–H and O–H groups in total. The Morgan fingerprint density at radius 1 is 0.455 bits per heavy atom. The van der Waals surface area contributed by atoms with Gasteiger partial charge in [-0.1, -0.05) is 78.9 Å². The molecule has 0 radical (unpaired) electrons. The smallest absolute Gasteiger partial charge is 0.0562 e. The van der Waals surface area contributed by atoms with E-state index in [0.29, 0.717) is 0 Å². The lowest BCUT2D eigenvalue weighted by Crippen LogP contribution is -2.10. The minimum absolute atomic E-state index is 1.18.